The Hall–Kier alpha value is -3.88. The first-order chi connectivity index (χ1) is 15.6. The number of ether oxygens (including phenoxy) is 2. The van der Waals surface area contributed by atoms with Crippen LogP contribution in [0.1, 0.15) is 11.1 Å². The van der Waals surface area contributed by atoms with Gasteiger partial charge in [0.05, 0.1) is 0 Å². The standard InChI is InChI=1S/2C12H11FN2O/c2*13-10-2-4-11(5-3-10)16-12-6-1-9(7-14)8-15-12/h2*1-6,8H,7,14H2. The maximum Gasteiger partial charge on any atom is 0.219 e. The zero-order valence-electron chi connectivity index (χ0n) is 17.1. The Labute approximate surface area is 184 Å². The second-order valence-corrected chi connectivity index (χ2v) is 6.53. The van der Waals surface area contributed by atoms with Gasteiger partial charge in [-0.3, -0.25) is 0 Å². The molecule has 0 aliphatic rings. The molecule has 0 radical (unpaired) electrons. The van der Waals surface area contributed by atoms with Crippen LogP contribution < -0.4 is 20.9 Å². The fourth-order valence-corrected chi connectivity index (χ4v) is 2.43. The molecule has 0 fully saturated rings. The molecule has 32 heavy (non-hydrogen) atoms. The molecule has 2 aromatic heterocycles. The van der Waals surface area contributed by atoms with E-state index in [0.717, 1.165) is 11.1 Å². The normalized spacial score (nSPS) is 10.1. The summed E-state index contributed by atoms with van der Waals surface area (Å²) in [5, 5.41) is 0. The number of pyridine rings is 2. The van der Waals surface area contributed by atoms with Crippen LogP contribution in [0.25, 0.3) is 0 Å². The maximum atomic E-state index is 12.6. The Kier molecular flexibility index (Phi) is 8.19. The third-order valence-corrected chi connectivity index (χ3v) is 4.14. The number of nitrogens with zero attached hydrogens (tertiary/aromatic N) is 2. The first-order valence-electron chi connectivity index (χ1n) is 9.72. The summed E-state index contributed by atoms with van der Waals surface area (Å²) in [5.74, 6) is 1.44. The largest absolute Gasteiger partial charge is 0.439 e. The van der Waals surface area contributed by atoms with E-state index in [4.69, 9.17) is 20.9 Å². The van der Waals surface area contributed by atoms with Crippen LogP contribution in [0.2, 0.25) is 0 Å². The van der Waals surface area contributed by atoms with E-state index in [1.165, 1.54) is 24.3 Å². The molecule has 0 saturated heterocycles. The zero-order chi connectivity index (χ0) is 22.8. The zero-order valence-corrected chi connectivity index (χ0v) is 17.1. The average Bonchev–Trinajstić information content (AvgIpc) is 2.83. The minimum atomic E-state index is -0.293. The number of rotatable bonds is 6. The number of hydrogen-bond donors (Lipinski definition) is 2. The van der Waals surface area contributed by atoms with E-state index in [2.05, 4.69) is 9.97 Å². The van der Waals surface area contributed by atoms with Gasteiger partial charge in [0.15, 0.2) is 0 Å². The molecule has 0 amide bonds. The molecule has 0 bridgehead atoms. The van der Waals surface area contributed by atoms with Crippen molar-refractivity contribution in [1.29, 1.82) is 0 Å². The summed E-state index contributed by atoms with van der Waals surface area (Å²) in [5.41, 5.74) is 12.8. The maximum absolute atomic E-state index is 12.6. The van der Waals surface area contributed by atoms with Crippen molar-refractivity contribution in [2.45, 2.75) is 13.1 Å². The van der Waals surface area contributed by atoms with Gasteiger partial charge in [0, 0.05) is 37.6 Å². The number of nitrogens with two attached hydrogens (primary N) is 2. The molecule has 0 unspecified atom stereocenters. The predicted molar refractivity (Wildman–Crippen MR) is 117 cm³/mol. The van der Waals surface area contributed by atoms with E-state index in [-0.39, 0.29) is 11.6 Å². The summed E-state index contributed by atoms with van der Waals surface area (Å²) in [6.07, 6.45) is 3.30. The highest BCUT2D eigenvalue weighted by atomic mass is 19.1. The first-order valence-corrected chi connectivity index (χ1v) is 9.72. The van der Waals surface area contributed by atoms with Gasteiger partial charge in [-0.2, -0.15) is 0 Å². The topological polar surface area (TPSA) is 96.3 Å². The second-order valence-electron chi connectivity index (χ2n) is 6.53. The van der Waals surface area contributed by atoms with Gasteiger partial charge in [0.2, 0.25) is 11.8 Å². The lowest BCUT2D eigenvalue weighted by atomic mass is 10.3. The fraction of sp³-hybridized carbons (Fsp3) is 0.0833. The molecular weight excluding hydrogens is 414 g/mol. The van der Waals surface area contributed by atoms with Crippen LogP contribution in [0.5, 0.6) is 23.3 Å². The van der Waals surface area contributed by atoms with Crippen molar-refractivity contribution in [2.24, 2.45) is 11.5 Å². The molecule has 2 aromatic carbocycles. The van der Waals surface area contributed by atoms with Gasteiger partial charge in [-0.1, -0.05) is 12.1 Å². The second kappa shape index (κ2) is 11.5. The molecule has 4 rings (SSSR count). The Morgan fingerprint density at radius 1 is 0.562 bits per heavy atom. The number of halogens is 2. The predicted octanol–water partition coefficient (Wildman–Crippen LogP) is 4.94. The molecule has 4 aromatic rings. The summed E-state index contributed by atoms with van der Waals surface area (Å²) < 4.78 is 36.1. The minimum absolute atomic E-state index is 0.293. The molecule has 0 atom stereocenters. The van der Waals surface area contributed by atoms with Crippen LogP contribution in [0.4, 0.5) is 8.78 Å². The van der Waals surface area contributed by atoms with Crippen molar-refractivity contribution in [3.63, 3.8) is 0 Å². The molecule has 8 heteroatoms. The van der Waals surface area contributed by atoms with Crippen molar-refractivity contribution >= 4 is 0 Å². The molecule has 0 aliphatic carbocycles. The molecule has 0 spiro atoms. The summed E-state index contributed by atoms with van der Waals surface area (Å²) >= 11 is 0. The van der Waals surface area contributed by atoms with Crippen molar-refractivity contribution in [3.05, 3.63) is 108 Å². The highest BCUT2D eigenvalue weighted by molar-refractivity contribution is 5.29. The van der Waals surface area contributed by atoms with Gasteiger partial charge < -0.3 is 20.9 Å². The smallest absolute Gasteiger partial charge is 0.219 e. The molecule has 4 N–H and O–H groups in total. The summed E-state index contributed by atoms with van der Waals surface area (Å²) in [7, 11) is 0. The summed E-state index contributed by atoms with van der Waals surface area (Å²) in [6, 6.07) is 18.7. The summed E-state index contributed by atoms with van der Waals surface area (Å²) in [4.78, 5) is 8.14. The van der Waals surface area contributed by atoms with Crippen LogP contribution in [-0.4, -0.2) is 9.97 Å². The van der Waals surface area contributed by atoms with E-state index in [9.17, 15) is 8.78 Å². The average molecular weight is 436 g/mol. The Bertz CT molecular complexity index is 998. The molecule has 0 saturated carbocycles. The number of aromatic nitrogens is 2. The molecule has 0 aliphatic heterocycles. The van der Waals surface area contributed by atoms with Crippen molar-refractivity contribution in [2.75, 3.05) is 0 Å². The monoisotopic (exact) mass is 436 g/mol. The van der Waals surface area contributed by atoms with E-state index in [1.54, 1.807) is 48.8 Å². The third kappa shape index (κ3) is 7.12. The van der Waals surface area contributed by atoms with E-state index < -0.39 is 0 Å². The van der Waals surface area contributed by atoms with Crippen LogP contribution in [0, 0.1) is 11.6 Å². The van der Waals surface area contributed by atoms with Crippen LogP contribution in [-0.2, 0) is 13.1 Å². The van der Waals surface area contributed by atoms with Crippen molar-refractivity contribution < 1.29 is 18.3 Å². The first kappa shape index (κ1) is 22.8. The Morgan fingerprint density at radius 2 is 0.938 bits per heavy atom. The lowest BCUT2D eigenvalue weighted by Gasteiger charge is -2.04. The van der Waals surface area contributed by atoms with Gasteiger partial charge in [0.1, 0.15) is 23.1 Å². The third-order valence-electron chi connectivity index (χ3n) is 4.14. The molecule has 6 nitrogen and oxygen atoms in total. The van der Waals surface area contributed by atoms with E-state index in [0.29, 0.717) is 36.3 Å². The van der Waals surface area contributed by atoms with Gasteiger partial charge >= 0.3 is 0 Å². The quantitative estimate of drug-likeness (QED) is 0.444. The SMILES string of the molecule is NCc1ccc(Oc2ccc(F)cc2)nc1.NCc1ccc(Oc2ccc(F)cc2)nc1. The van der Waals surface area contributed by atoms with Gasteiger partial charge in [-0.05, 0) is 59.7 Å². The van der Waals surface area contributed by atoms with Crippen LogP contribution in [0.3, 0.4) is 0 Å². The van der Waals surface area contributed by atoms with Crippen LogP contribution in [0.15, 0.2) is 85.2 Å². The highest BCUT2D eigenvalue weighted by Gasteiger charge is 2.00. The highest BCUT2D eigenvalue weighted by Crippen LogP contribution is 2.20. The fourth-order valence-electron chi connectivity index (χ4n) is 2.43. The molecule has 164 valence electrons. The number of benzene rings is 2. The van der Waals surface area contributed by atoms with Crippen LogP contribution >= 0.6 is 0 Å². The van der Waals surface area contributed by atoms with Gasteiger partial charge in [-0.15, -0.1) is 0 Å². The lowest BCUT2D eigenvalue weighted by Crippen LogP contribution is -1.97. The van der Waals surface area contributed by atoms with Gasteiger partial charge in [-0.25, -0.2) is 18.7 Å². The lowest BCUT2D eigenvalue weighted by molar-refractivity contribution is 0.460. The minimum Gasteiger partial charge on any atom is -0.439 e. The Morgan fingerprint density at radius 3 is 1.22 bits per heavy atom. The number of hydrogen-bond acceptors (Lipinski definition) is 6. The molecule has 2 heterocycles. The van der Waals surface area contributed by atoms with Gasteiger partial charge in [0.25, 0.3) is 0 Å². The van der Waals surface area contributed by atoms with E-state index in [1.807, 2.05) is 12.1 Å². The van der Waals surface area contributed by atoms with Crippen molar-refractivity contribution in [1.82, 2.24) is 9.97 Å². The summed E-state index contributed by atoms with van der Waals surface area (Å²) in [6.45, 7) is 0.896. The van der Waals surface area contributed by atoms with E-state index >= 15 is 0 Å². The van der Waals surface area contributed by atoms with Crippen molar-refractivity contribution in [3.8, 4) is 23.3 Å². The Balaban J connectivity index is 0.000000181. The molecular formula is C24H22F2N4O2.